The Hall–Kier alpha value is -2.80. The largest absolute Gasteiger partial charge is 0.482 e. The van der Waals surface area contributed by atoms with E-state index >= 15 is 0 Å². The van der Waals surface area contributed by atoms with E-state index in [0.29, 0.717) is 17.9 Å². The van der Waals surface area contributed by atoms with Crippen molar-refractivity contribution < 1.29 is 9.53 Å². The number of carbonyl (C=O) groups is 1. The van der Waals surface area contributed by atoms with Crippen LogP contribution >= 0.6 is 0 Å². The highest BCUT2D eigenvalue weighted by Crippen LogP contribution is 2.16. The standard InChI is InChI=1S/C18H18N2O2/c1-14(15-7-3-2-4-8-15)12-20-18(21)13-22-17-10-6-5-9-16(17)11-19/h2-10,14H,12-13H2,1H3,(H,20,21). The molecule has 0 aromatic heterocycles. The average molecular weight is 294 g/mol. The predicted octanol–water partition coefficient (Wildman–Crippen LogP) is 2.86. The number of hydrogen-bond donors (Lipinski definition) is 1. The van der Waals surface area contributed by atoms with Gasteiger partial charge in [0.2, 0.25) is 0 Å². The number of amides is 1. The van der Waals surface area contributed by atoms with Crippen LogP contribution in [0.2, 0.25) is 0 Å². The van der Waals surface area contributed by atoms with Crippen molar-refractivity contribution in [3.05, 3.63) is 65.7 Å². The smallest absolute Gasteiger partial charge is 0.257 e. The lowest BCUT2D eigenvalue weighted by atomic mass is 10.0. The fraction of sp³-hybridized carbons (Fsp3) is 0.222. The molecule has 0 aliphatic rings. The Labute approximate surface area is 130 Å². The van der Waals surface area contributed by atoms with Gasteiger partial charge in [0.25, 0.3) is 5.91 Å². The number of ether oxygens (including phenoxy) is 1. The summed E-state index contributed by atoms with van der Waals surface area (Å²) >= 11 is 0. The molecule has 1 amide bonds. The molecule has 1 unspecified atom stereocenters. The van der Waals surface area contributed by atoms with Gasteiger partial charge in [-0.05, 0) is 23.6 Å². The molecule has 0 saturated heterocycles. The van der Waals surface area contributed by atoms with Crippen molar-refractivity contribution in [2.24, 2.45) is 0 Å². The summed E-state index contributed by atoms with van der Waals surface area (Å²) in [5.41, 5.74) is 1.60. The number of nitrogens with zero attached hydrogens (tertiary/aromatic N) is 1. The third kappa shape index (κ3) is 4.35. The van der Waals surface area contributed by atoms with Gasteiger partial charge in [-0.15, -0.1) is 0 Å². The van der Waals surface area contributed by atoms with Crippen LogP contribution in [0.5, 0.6) is 5.75 Å². The molecule has 0 saturated carbocycles. The zero-order valence-corrected chi connectivity index (χ0v) is 12.5. The van der Waals surface area contributed by atoms with Gasteiger partial charge in [0.1, 0.15) is 11.8 Å². The summed E-state index contributed by atoms with van der Waals surface area (Å²) in [6.07, 6.45) is 0. The highest BCUT2D eigenvalue weighted by atomic mass is 16.5. The van der Waals surface area contributed by atoms with E-state index in [-0.39, 0.29) is 18.4 Å². The Morgan fingerprint density at radius 1 is 1.18 bits per heavy atom. The number of carbonyl (C=O) groups excluding carboxylic acids is 1. The molecule has 22 heavy (non-hydrogen) atoms. The van der Waals surface area contributed by atoms with Gasteiger partial charge >= 0.3 is 0 Å². The van der Waals surface area contributed by atoms with Gasteiger partial charge in [-0.3, -0.25) is 4.79 Å². The molecule has 0 heterocycles. The number of hydrogen-bond acceptors (Lipinski definition) is 3. The van der Waals surface area contributed by atoms with Gasteiger partial charge in [0.15, 0.2) is 6.61 Å². The van der Waals surface area contributed by atoms with E-state index in [0.717, 1.165) is 0 Å². The van der Waals surface area contributed by atoms with Crippen LogP contribution in [0.4, 0.5) is 0 Å². The van der Waals surface area contributed by atoms with Crippen molar-refractivity contribution in [2.45, 2.75) is 12.8 Å². The molecule has 1 atom stereocenters. The molecule has 0 bridgehead atoms. The monoisotopic (exact) mass is 294 g/mol. The average Bonchev–Trinajstić information content (AvgIpc) is 2.58. The van der Waals surface area contributed by atoms with Crippen LogP contribution in [-0.2, 0) is 4.79 Å². The number of rotatable bonds is 6. The van der Waals surface area contributed by atoms with E-state index in [1.807, 2.05) is 36.4 Å². The molecule has 2 aromatic carbocycles. The third-order valence-electron chi connectivity index (χ3n) is 3.34. The molecule has 4 nitrogen and oxygen atoms in total. The highest BCUT2D eigenvalue weighted by Gasteiger charge is 2.09. The lowest BCUT2D eigenvalue weighted by molar-refractivity contribution is -0.123. The molecule has 0 aliphatic heterocycles. The fourth-order valence-electron chi connectivity index (χ4n) is 2.05. The van der Waals surface area contributed by atoms with Gasteiger partial charge in [0.05, 0.1) is 5.56 Å². The minimum absolute atomic E-state index is 0.0970. The van der Waals surface area contributed by atoms with Gasteiger partial charge in [-0.1, -0.05) is 49.4 Å². The van der Waals surface area contributed by atoms with Crippen LogP contribution in [-0.4, -0.2) is 19.1 Å². The Balaban J connectivity index is 1.80. The summed E-state index contributed by atoms with van der Waals surface area (Å²) in [6, 6.07) is 18.9. The molecular weight excluding hydrogens is 276 g/mol. The number of nitrogens with one attached hydrogen (secondary N) is 1. The van der Waals surface area contributed by atoms with Crippen molar-refractivity contribution in [2.75, 3.05) is 13.2 Å². The van der Waals surface area contributed by atoms with Crippen LogP contribution in [0.1, 0.15) is 24.0 Å². The second-order valence-corrected chi connectivity index (χ2v) is 5.01. The van der Waals surface area contributed by atoms with Gasteiger partial charge in [-0.2, -0.15) is 5.26 Å². The summed E-state index contributed by atoms with van der Waals surface area (Å²) in [4.78, 5) is 11.8. The molecule has 0 radical (unpaired) electrons. The van der Waals surface area contributed by atoms with Crippen molar-refractivity contribution in [3.63, 3.8) is 0 Å². The maximum atomic E-state index is 11.8. The van der Waals surface area contributed by atoms with Crippen LogP contribution in [0.25, 0.3) is 0 Å². The summed E-state index contributed by atoms with van der Waals surface area (Å²) in [5.74, 6) is 0.461. The molecule has 2 rings (SSSR count). The van der Waals surface area contributed by atoms with E-state index in [4.69, 9.17) is 10.00 Å². The Bertz CT molecular complexity index is 662. The zero-order valence-electron chi connectivity index (χ0n) is 12.5. The molecule has 0 aliphatic carbocycles. The SMILES string of the molecule is CC(CNC(=O)COc1ccccc1C#N)c1ccccc1. The number of nitriles is 1. The lowest BCUT2D eigenvalue weighted by Crippen LogP contribution is -2.31. The topological polar surface area (TPSA) is 62.1 Å². The summed E-state index contributed by atoms with van der Waals surface area (Å²) < 4.78 is 5.39. The zero-order chi connectivity index (χ0) is 15.8. The molecule has 2 aromatic rings. The van der Waals surface area contributed by atoms with E-state index in [2.05, 4.69) is 12.2 Å². The second kappa shape index (κ2) is 7.84. The van der Waals surface area contributed by atoms with E-state index in [1.165, 1.54) is 5.56 Å². The minimum Gasteiger partial charge on any atom is -0.482 e. The van der Waals surface area contributed by atoms with Crippen LogP contribution in [0.15, 0.2) is 54.6 Å². The summed E-state index contributed by atoms with van der Waals surface area (Å²) in [7, 11) is 0. The molecule has 1 N–H and O–H groups in total. The number of benzene rings is 2. The second-order valence-electron chi connectivity index (χ2n) is 5.01. The van der Waals surface area contributed by atoms with Crippen molar-refractivity contribution in [1.29, 1.82) is 5.26 Å². The molecule has 4 heteroatoms. The van der Waals surface area contributed by atoms with E-state index < -0.39 is 0 Å². The first kappa shape index (κ1) is 15.6. The lowest BCUT2D eigenvalue weighted by Gasteiger charge is -2.13. The normalized spacial score (nSPS) is 11.3. The third-order valence-corrected chi connectivity index (χ3v) is 3.34. The molecule has 0 fully saturated rings. The summed E-state index contributed by atoms with van der Waals surface area (Å²) in [5, 5.41) is 11.8. The first-order valence-electron chi connectivity index (χ1n) is 7.14. The van der Waals surface area contributed by atoms with E-state index in [1.54, 1.807) is 24.3 Å². The van der Waals surface area contributed by atoms with Gasteiger partial charge < -0.3 is 10.1 Å². The Morgan fingerprint density at radius 2 is 1.86 bits per heavy atom. The molecule has 0 spiro atoms. The highest BCUT2D eigenvalue weighted by molar-refractivity contribution is 5.77. The van der Waals surface area contributed by atoms with Gasteiger partial charge in [0, 0.05) is 6.54 Å². The first-order chi connectivity index (χ1) is 10.7. The maximum Gasteiger partial charge on any atom is 0.257 e. The van der Waals surface area contributed by atoms with Crippen LogP contribution in [0, 0.1) is 11.3 Å². The van der Waals surface area contributed by atoms with Crippen molar-refractivity contribution >= 4 is 5.91 Å². The quantitative estimate of drug-likeness (QED) is 0.891. The van der Waals surface area contributed by atoms with E-state index in [9.17, 15) is 4.79 Å². The van der Waals surface area contributed by atoms with Crippen molar-refractivity contribution in [1.82, 2.24) is 5.32 Å². The first-order valence-corrected chi connectivity index (χ1v) is 7.14. The maximum absolute atomic E-state index is 11.8. The predicted molar refractivity (Wildman–Crippen MR) is 84.5 cm³/mol. The van der Waals surface area contributed by atoms with Crippen LogP contribution in [0.3, 0.4) is 0 Å². The minimum atomic E-state index is -0.199. The molecular formula is C18H18N2O2. The van der Waals surface area contributed by atoms with Crippen molar-refractivity contribution in [3.8, 4) is 11.8 Å². The Morgan fingerprint density at radius 3 is 2.59 bits per heavy atom. The number of para-hydroxylation sites is 1. The molecule has 112 valence electrons. The summed E-state index contributed by atoms with van der Waals surface area (Å²) in [6.45, 7) is 2.51. The van der Waals surface area contributed by atoms with Crippen LogP contribution < -0.4 is 10.1 Å². The Kier molecular flexibility index (Phi) is 5.56. The fourth-order valence-corrected chi connectivity index (χ4v) is 2.05. The van der Waals surface area contributed by atoms with Gasteiger partial charge in [-0.25, -0.2) is 0 Å².